The van der Waals surface area contributed by atoms with E-state index in [1.165, 1.54) is 32.6 Å². The molecule has 3 rings (SSSR count). The Morgan fingerprint density at radius 3 is 2.52 bits per heavy atom. The van der Waals surface area contributed by atoms with Gasteiger partial charge < -0.3 is 10.6 Å². The lowest BCUT2D eigenvalue weighted by molar-refractivity contribution is -0.708. The minimum atomic E-state index is 0.734. The summed E-state index contributed by atoms with van der Waals surface area (Å²) in [5, 5.41) is 1.27. The number of para-hydroxylation sites is 1. The van der Waals surface area contributed by atoms with E-state index in [9.17, 15) is 0 Å². The van der Waals surface area contributed by atoms with Crippen molar-refractivity contribution in [1.82, 2.24) is 0 Å². The van der Waals surface area contributed by atoms with Crippen LogP contribution in [-0.2, 0) is 6.54 Å². The van der Waals surface area contributed by atoms with Crippen molar-refractivity contribution in [2.75, 3.05) is 18.5 Å². The molecule has 2 heterocycles. The summed E-state index contributed by atoms with van der Waals surface area (Å²) in [5.74, 6) is 0. The molecule has 3 nitrogen and oxygen atoms in total. The molecule has 120 valence electrons. The number of thioether (sulfide) groups is 1. The first-order chi connectivity index (χ1) is 11.1. The van der Waals surface area contributed by atoms with Crippen LogP contribution < -0.4 is 15.2 Å². The van der Waals surface area contributed by atoms with E-state index in [4.69, 9.17) is 5.73 Å². The number of hydrogen-bond acceptors (Lipinski definition) is 3. The summed E-state index contributed by atoms with van der Waals surface area (Å²) in [5.41, 5.74) is 10.8. The molecule has 1 aliphatic rings. The van der Waals surface area contributed by atoms with Gasteiger partial charge in [0.25, 0.3) is 0 Å². The second-order valence-electron chi connectivity index (χ2n) is 5.98. The van der Waals surface area contributed by atoms with Crippen molar-refractivity contribution in [3.8, 4) is 0 Å². The first-order valence-corrected chi connectivity index (χ1v) is 8.85. The molecule has 0 bridgehead atoms. The van der Waals surface area contributed by atoms with Gasteiger partial charge in [0.05, 0.1) is 10.7 Å². The van der Waals surface area contributed by atoms with Crippen LogP contribution in [0.2, 0.25) is 0 Å². The number of pyridine rings is 1. The van der Waals surface area contributed by atoms with Crippen molar-refractivity contribution < 1.29 is 4.57 Å². The molecule has 1 aromatic heterocycles. The number of aromatic nitrogens is 1. The Labute approximate surface area is 142 Å². The number of anilines is 1. The molecule has 0 atom stereocenters. The monoisotopic (exact) mass is 326 g/mol. The van der Waals surface area contributed by atoms with Gasteiger partial charge in [-0.1, -0.05) is 23.9 Å². The summed E-state index contributed by atoms with van der Waals surface area (Å²) in [7, 11) is 2.13. The van der Waals surface area contributed by atoms with E-state index in [0.29, 0.717) is 0 Å². The molecule has 2 aromatic rings. The van der Waals surface area contributed by atoms with E-state index in [-0.39, 0.29) is 0 Å². The lowest BCUT2D eigenvalue weighted by Crippen LogP contribution is -2.41. The third-order valence-electron chi connectivity index (χ3n) is 4.25. The second-order valence-corrected chi connectivity index (χ2v) is 7.04. The summed E-state index contributed by atoms with van der Waals surface area (Å²) in [6.45, 7) is 6.07. The van der Waals surface area contributed by atoms with Gasteiger partial charge in [-0.25, -0.2) is 4.57 Å². The van der Waals surface area contributed by atoms with Crippen LogP contribution in [0.1, 0.15) is 23.4 Å². The molecular weight excluding hydrogens is 302 g/mol. The average Bonchev–Trinajstić information content (AvgIpc) is 2.83. The predicted molar refractivity (Wildman–Crippen MR) is 98.5 cm³/mol. The molecule has 0 amide bonds. The number of nitrogens with two attached hydrogens (primary N) is 1. The van der Waals surface area contributed by atoms with Gasteiger partial charge in [-0.2, -0.15) is 0 Å². The minimum Gasteiger partial charge on any atom is -0.338 e. The fourth-order valence-electron chi connectivity index (χ4n) is 3.03. The fourth-order valence-corrected chi connectivity index (χ4v) is 4.14. The molecule has 0 aliphatic carbocycles. The lowest BCUT2D eigenvalue weighted by Gasteiger charge is -2.13. The lowest BCUT2D eigenvalue weighted by atomic mass is 10.1. The smallest absolute Gasteiger partial charge is 0.179 e. The summed E-state index contributed by atoms with van der Waals surface area (Å²) < 4.78 is 2.34. The van der Waals surface area contributed by atoms with Crippen LogP contribution in [0.15, 0.2) is 46.3 Å². The standard InChI is InChI=1S/C19H24N3S/c1-14-11-16(12-15(2)22(14)10-6-9-20)13-19-21(3)17-7-4-5-8-18(17)23-19/h4-5,7-8,11-13H,6,9-10,20H2,1-3H3/q+1. The van der Waals surface area contributed by atoms with Gasteiger partial charge in [0.2, 0.25) is 0 Å². The largest absolute Gasteiger partial charge is 0.338 e. The molecule has 0 saturated carbocycles. The molecule has 0 spiro atoms. The average molecular weight is 326 g/mol. The highest BCUT2D eigenvalue weighted by molar-refractivity contribution is 8.03. The van der Waals surface area contributed by atoms with Gasteiger partial charge in [0.1, 0.15) is 6.54 Å². The van der Waals surface area contributed by atoms with E-state index in [2.05, 4.69) is 72.8 Å². The van der Waals surface area contributed by atoms with Crippen molar-refractivity contribution in [3.63, 3.8) is 0 Å². The Hall–Kier alpha value is -1.78. The predicted octanol–water partition coefficient (Wildman–Crippen LogP) is 3.48. The van der Waals surface area contributed by atoms with Crippen LogP contribution >= 0.6 is 11.8 Å². The quantitative estimate of drug-likeness (QED) is 0.873. The Balaban J connectivity index is 1.89. The van der Waals surface area contributed by atoms with Crippen LogP contribution in [0.3, 0.4) is 0 Å². The molecule has 23 heavy (non-hydrogen) atoms. The van der Waals surface area contributed by atoms with Crippen LogP contribution in [0, 0.1) is 13.8 Å². The van der Waals surface area contributed by atoms with E-state index in [0.717, 1.165) is 19.5 Å². The van der Waals surface area contributed by atoms with Crippen LogP contribution in [0.5, 0.6) is 0 Å². The van der Waals surface area contributed by atoms with Crippen molar-refractivity contribution in [2.45, 2.75) is 31.7 Å². The van der Waals surface area contributed by atoms with Crippen molar-refractivity contribution >= 4 is 23.5 Å². The number of fused-ring (bicyclic) bond motifs is 1. The number of aryl methyl sites for hydroxylation is 2. The number of benzene rings is 1. The Bertz CT molecular complexity index is 729. The maximum absolute atomic E-state index is 5.64. The van der Waals surface area contributed by atoms with Crippen LogP contribution in [0.25, 0.3) is 6.08 Å². The van der Waals surface area contributed by atoms with E-state index >= 15 is 0 Å². The molecule has 0 unspecified atom stereocenters. The van der Waals surface area contributed by atoms with Gasteiger partial charge in [-0.15, -0.1) is 0 Å². The van der Waals surface area contributed by atoms with Crippen molar-refractivity contribution in [3.05, 3.63) is 58.4 Å². The highest BCUT2D eigenvalue weighted by Gasteiger charge is 2.21. The first-order valence-electron chi connectivity index (χ1n) is 8.03. The van der Waals surface area contributed by atoms with Gasteiger partial charge in [-0.3, -0.25) is 0 Å². The Kier molecular flexibility index (Phi) is 4.74. The number of nitrogens with zero attached hydrogens (tertiary/aromatic N) is 2. The molecular formula is C19H24N3S+. The van der Waals surface area contributed by atoms with E-state index in [1.807, 2.05) is 11.8 Å². The zero-order valence-electron chi connectivity index (χ0n) is 14.0. The van der Waals surface area contributed by atoms with Crippen LogP contribution in [0.4, 0.5) is 5.69 Å². The van der Waals surface area contributed by atoms with Crippen molar-refractivity contribution in [2.24, 2.45) is 5.73 Å². The third kappa shape index (κ3) is 3.28. The van der Waals surface area contributed by atoms with E-state index < -0.39 is 0 Å². The topological polar surface area (TPSA) is 33.1 Å². The van der Waals surface area contributed by atoms with Gasteiger partial charge in [-0.05, 0) is 30.3 Å². The zero-order valence-corrected chi connectivity index (χ0v) is 14.9. The molecule has 0 fully saturated rings. The number of rotatable bonds is 4. The van der Waals surface area contributed by atoms with Crippen LogP contribution in [-0.4, -0.2) is 13.6 Å². The number of hydrogen-bond donors (Lipinski definition) is 1. The molecule has 1 aliphatic heterocycles. The van der Waals surface area contributed by atoms with Crippen molar-refractivity contribution in [1.29, 1.82) is 0 Å². The molecule has 2 N–H and O–H groups in total. The normalized spacial score (nSPS) is 15.3. The summed E-state index contributed by atoms with van der Waals surface area (Å²) in [6, 6.07) is 13.1. The van der Waals surface area contributed by atoms with E-state index in [1.54, 1.807) is 0 Å². The Morgan fingerprint density at radius 1 is 1.17 bits per heavy atom. The zero-order chi connectivity index (χ0) is 16.4. The summed E-state index contributed by atoms with van der Waals surface area (Å²) >= 11 is 1.83. The highest BCUT2D eigenvalue weighted by Crippen LogP contribution is 2.45. The Morgan fingerprint density at radius 2 is 1.87 bits per heavy atom. The SMILES string of the molecule is Cc1cc(/C=C2/Sc3ccccc3N2C)cc(C)[n+]1CCCN. The first kappa shape index (κ1) is 16.1. The summed E-state index contributed by atoms with van der Waals surface area (Å²) in [4.78, 5) is 3.59. The highest BCUT2D eigenvalue weighted by atomic mass is 32.2. The molecule has 4 heteroatoms. The molecule has 1 aromatic carbocycles. The second kappa shape index (κ2) is 6.77. The van der Waals surface area contributed by atoms with Gasteiger partial charge in [0.15, 0.2) is 11.4 Å². The minimum absolute atomic E-state index is 0.734. The third-order valence-corrected chi connectivity index (χ3v) is 5.42. The van der Waals surface area contributed by atoms with Gasteiger partial charge in [0, 0.05) is 44.3 Å². The maximum atomic E-state index is 5.64. The maximum Gasteiger partial charge on any atom is 0.179 e. The fraction of sp³-hybridized carbons (Fsp3) is 0.316. The molecule has 0 saturated heterocycles. The molecule has 0 radical (unpaired) electrons. The summed E-state index contributed by atoms with van der Waals surface area (Å²) in [6.07, 6.45) is 3.29. The van der Waals surface area contributed by atoms with Gasteiger partial charge >= 0.3 is 0 Å².